The zero-order chi connectivity index (χ0) is 14.7. The Hall–Kier alpha value is -2.41. The highest BCUT2D eigenvalue weighted by Crippen LogP contribution is 2.29. The molecule has 0 aliphatic carbocycles. The minimum Gasteiger partial charge on any atom is -0.491 e. The number of benzene rings is 1. The molecule has 104 valence electrons. The van der Waals surface area contributed by atoms with E-state index >= 15 is 0 Å². The van der Waals surface area contributed by atoms with E-state index < -0.39 is 0 Å². The number of nitrogens with two attached hydrogens (primary N) is 1. The number of anilines is 1. The molecule has 0 unspecified atom stereocenters. The Morgan fingerprint density at radius 2 is 2.20 bits per heavy atom. The van der Waals surface area contributed by atoms with Crippen molar-refractivity contribution < 1.29 is 4.74 Å². The summed E-state index contributed by atoms with van der Waals surface area (Å²) in [6.45, 7) is 6.30. The summed E-state index contributed by atoms with van der Waals surface area (Å²) in [4.78, 5) is 4.51. The number of hydrogen-bond acceptors (Lipinski definition) is 3. The number of ether oxygens (including phenoxy) is 1. The van der Waals surface area contributed by atoms with Gasteiger partial charge in [0.1, 0.15) is 23.1 Å². The SMILES string of the molecule is C#CCn1c(C)nc(-c2cccc(OC(C)C)c2)c1N. The maximum absolute atomic E-state index is 6.14. The zero-order valence-electron chi connectivity index (χ0n) is 12.1. The lowest BCUT2D eigenvalue weighted by Crippen LogP contribution is -2.05. The highest BCUT2D eigenvalue weighted by Gasteiger charge is 2.13. The predicted molar refractivity (Wildman–Crippen MR) is 81.4 cm³/mol. The number of terminal acetylenes is 1. The molecule has 20 heavy (non-hydrogen) atoms. The lowest BCUT2D eigenvalue weighted by molar-refractivity contribution is 0.242. The maximum Gasteiger partial charge on any atom is 0.132 e. The standard InChI is InChI=1S/C16H19N3O/c1-5-9-19-12(4)18-15(16(19)17)13-7-6-8-14(10-13)20-11(2)3/h1,6-8,10-11H,9,17H2,2-4H3. The van der Waals surface area contributed by atoms with E-state index in [4.69, 9.17) is 16.9 Å². The number of aromatic nitrogens is 2. The first kappa shape index (κ1) is 14.0. The molecule has 1 aromatic heterocycles. The summed E-state index contributed by atoms with van der Waals surface area (Å²) in [5, 5.41) is 0. The lowest BCUT2D eigenvalue weighted by atomic mass is 10.1. The Morgan fingerprint density at radius 3 is 2.85 bits per heavy atom. The van der Waals surface area contributed by atoms with E-state index in [1.165, 1.54) is 0 Å². The second kappa shape index (κ2) is 5.70. The van der Waals surface area contributed by atoms with Crippen LogP contribution in [0.15, 0.2) is 24.3 Å². The van der Waals surface area contributed by atoms with Crippen LogP contribution < -0.4 is 10.5 Å². The van der Waals surface area contributed by atoms with Crippen molar-refractivity contribution in [3.05, 3.63) is 30.1 Å². The van der Waals surface area contributed by atoms with Gasteiger partial charge in [-0.25, -0.2) is 4.98 Å². The topological polar surface area (TPSA) is 53.1 Å². The molecule has 0 saturated heterocycles. The van der Waals surface area contributed by atoms with Crippen molar-refractivity contribution >= 4 is 5.82 Å². The summed E-state index contributed by atoms with van der Waals surface area (Å²) in [5.74, 6) is 4.79. The number of imidazole rings is 1. The number of nitrogen functional groups attached to an aromatic ring is 1. The van der Waals surface area contributed by atoms with Gasteiger partial charge in [0.25, 0.3) is 0 Å². The third-order valence-corrected chi connectivity index (χ3v) is 2.93. The number of nitrogens with zero attached hydrogens (tertiary/aromatic N) is 2. The number of rotatable bonds is 4. The van der Waals surface area contributed by atoms with Gasteiger partial charge in [0.15, 0.2) is 0 Å². The Morgan fingerprint density at radius 1 is 1.45 bits per heavy atom. The molecule has 0 radical (unpaired) electrons. The first-order chi connectivity index (χ1) is 9.52. The van der Waals surface area contributed by atoms with Crippen LogP contribution in [0.3, 0.4) is 0 Å². The summed E-state index contributed by atoms with van der Waals surface area (Å²) >= 11 is 0. The van der Waals surface area contributed by atoms with Crippen LogP contribution in [0, 0.1) is 19.3 Å². The summed E-state index contributed by atoms with van der Waals surface area (Å²) in [6, 6.07) is 7.76. The van der Waals surface area contributed by atoms with Crippen molar-refractivity contribution in [3.63, 3.8) is 0 Å². The molecule has 0 bridgehead atoms. The van der Waals surface area contributed by atoms with Crippen LogP contribution >= 0.6 is 0 Å². The predicted octanol–water partition coefficient (Wildman–Crippen LogP) is 2.86. The minimum absolute atomic E-state index is 0.128. The number of hydrogen-bond donors (Lipinski definition) is 1. The van der Waals surface area contributed by atoms with Gasteiger partial charge in [0.05, 0.1) is 12.6 Å². The van der Waals surface area contributed by atoms with Crippen molar-refractivity contribution in [1.29, 1.82) is 0 Å². The minimum atomic E-state index is 0.128. The fraction of sp³-hybridized carbons (Fsp3) is 0.312. The molecule has 0 spiro atoms. The van der Waals surface area contributed by atoms with Crippen molar-refractivity contribution in [2.45, 2.75) is 33.4 Å². The van der Waals surface area contributed by atoms with Crippen LogP contribution in [-0.2, 0) is 6.54 Å². The van der Waals surface area contributed by atoms with Gasteiger partial charge in [-0.1, -0.05) is 18.1 Å². The van der Waals surface area contributed by atoms with Crippen LogP contribution in [0.5, 0.6) is 5.75 Å². The van der Waals surface area contributed by atoms with Crippen LogP contribution in [0.1, 0.15) is 19.7 Å². The van der Waals surface area contributed by atoms with E-state index in [0.29, 0.717) is 12.4 Å². The molecule has 4 heteroatoms. The average Bonchev–Trinajstić information content (AvgIpc) is 2.67. The molecule has 2 N–H and O–H groups in total. The third kappa shape index (κ3) is 2.77. The van der Waals surface area contributed by atoms with E-state index in [1.807, 2.05) is 49.6 Å². The van der Waals surface area contributed by atoms with Gasteiger partial charge in [-0.3, -0.25) is 0 Å². The molecule has 0 atom stereocenters. The lowest BCUT2D eigenvalue weighted by Gasteiger charge is -2.10. The molecule has 2 aromatic rings. The Kier molecular flexibility index (Phi) is 3.99. The molecule has 4 nitrogen and oxygen atoms in total. The van der Waals surface area contributed by atoms with Crippen molar-refractivity contribution in [2.75, 3.05) is 5.73 Å². The second-order valence-electron chi connectivity index (χ2n) is 4.88. The molecule has 2 rings (SSSR count). The highest BCUT2D eigenvalue weighted by molar-refractivity contribution is 5.72. The van der Waals surface area contributed by atoms with E-state index in [2.05, 4.69) is 10.9 Å². The fourth-order valence-corrected chi connectivity index (χ4v) is 2.07. The fourth-order valence-electron chi connectivity index (χ4n) is 2.07. The first-order valence-corrected chi connectivity index (χ1v) is 6.56. The Balaban J connectivity index is 2.42. The molecule has 0 saturated carbocycles. The molecule has 0 amide bonds. The van der Waals surface area contributed by atoms with Crippen molar-refractivity contribution in [1.82, 2.24) is 9.55 Å². The molecule has 0 fully saturated rings. The van der Waals surface area contributed by atoms with Gasteiger partial charge >= 0.3 is 0 Å². The quantitative estimate of drug-likeness (QED) is 0.868. The Bertz CT molecular complexity index is 650. The van der Waals surface area contributed by atoms with Crippen LogP contribution in [0.2, 0.25) is 0 Å². The van der Waals surface area contributed by atoms with E-state index in [9.17, 15) is 0 Å². The average molecular weight is 269 g/mol. The summed E-state index contributed by atoms with van der Waals surface area (Å²) in [5.41, 5.74) is 7.81. The zero-order valence-corrected chi connectivity index (χ0v) is 12.1. The normalized spacial score (nSPS) is 10.6. The third-order valence-electron chi connectivity index (χ3n) is 2.93. The molecular formula is C16H19N3O. The van der Waals surface area contributed by atoms with Crippen LogP contribution in [0.25, 0.3) is 11.3 Å². The van der Waals surface area contributed by atoms with Crippen molar-refractivity contribution in [2.24, 2.45) is 0 Å². The molecular weight excluding hydrogens is 250 g/mol. The number of aryl methyl sites for hydroxylation is 1. The largest absolute Gasteiger partial charge is 0.491 e. The highest BCUT2D eigenvalue weighted by atomic mass is 16.5. The molecule has 0 aliphatic heterocycles. The van der Waals surface area contributed by atoms with E-state index in [0.717, 1.165) is 22.8 Å². The van der Waals surface area contributed by atoms with Gasteiger partial charge in [-0.2, -0.15) is 0 Å². The summed E-state index contributed by atoms with van der Waals surface area (Å²) in [7, 11) is 0. The maximum atomic E-state index is 6.14. The van der Waals surface area contributed by atoms with Gasteiger partial charge in [0.2, 0.25) is 0 Å². The Labute approximate surface area is 119 Å². The van der Waals surface area contributed by atoms with Gasteiger partial charge in [-0.15, -0.1) is 6.42 Å². The summed E-state index contributed by atoms with van der Waals surface area (Å²) in [6.07, 6.45) is 5.48. The molecule has 0 aliphatic rings. The summed E-state index contributed by atoms with van der Waals surface area (Å²) < 4.78 is 7.52. The van der Waals surface area contributed by atoms with Gasteiger partial charge in [-0.05, 0) is 32.9 Å². The smallest absolute Gasteiger partial charge is 0.132 e. The van der Waals surface area contributed by atoms with E-state index in [-0.39, 0.29) is 6.10 Å². The van der Waals surface area contributed by atoms with E-state index in [1.54, 1.807) is 0 Å². The second-order valence-corrected chi connectivity index (χ2v) is 4.88. The van der Waals surface area contributed by atoms with Crippen LogP contribution in [0.4, 0.5) is 5.82 Å². The molecule has 1 heterocycles. The van der Waals surface area contributed by atoms with Gasteiger partial charge in [0, 0.05) is 5.56 Å². The monoisotopic (exact) mass is 269 g/mol. The van der Waals surface area contributed by atoms with Gasteiger partial charge < -0.3 is 15.0 Å². The molecule has 1 aromatic carbocycles. The van der Waals surface area contributed by atoms with Crippen LogP contribution in [-0.4, -0.2) is 15.7 Å². The first-order valence-electron chi connectivity index (χ1n) is 6.56. The van der Waals surface area contributed by atoms with Crippen molar-refractivity contribution in [3.8, 4) is 29.4 Å².